The topological polar surface area (TPSA) is 21.6 Å². The van der Waals surface area contributed by atoms with Gasteiger partial charge >= 0.3 is 0 Å². The van der Waals surface area contributed by atoms with Gasteiger partial charge in [0.25, 0.3) is 0 Å². The number of nitrogens with zero attached hydrogens (tertiary/aromatic N) is 1. The van der Waals surface area contributed by atoms with Gasteiger partial charge in [0.05, 0.1) is 5.71 Å². The highest BCUT2D eigenvalue weighted by Gasteiger charge is 2.17. The average molecular weight is 127 g/mol. The largest absolute Gasteiger partial charge is 0.399 e. The third-order valence-corrected chi connectivity index (χ3v) is 1.85. The van der Waals surface area contributed by atoms with Crippen LogP contribution in [0.3, 0.4) is 0 Å². The molecule has 0 aliphatic heterocycles. The standard InChI is InChI=1S/C7H13NO/c1-6-4-3-5-7(6)8-9-2/h6H,3-5H2,1-2H3/b8-7+. The van der Waals surface area contributed by atoms with E-state index in [4.69, 9.17) is 0 Å². The molecular formula is C7H13NO. The quantitative estimate of drug-likeness (QED) is 0.492. The molecule has 0 bridgehead atoms. The van der Waals surface area contributed by atoms with Crippen molar-refractivity contribution in [3.63, 3.8) is 0 Å². The highest BCUT2D eigenvalue weighted by molar-refractivity contribution is 5.87. The van der Waals surface area contributed by atoms with Gasteiger partial charge in [0.1, 0.15) is 7.11 Å². The van der Waals surface area contributed by atoms with Crippen LogP contribution >= 0.6 is 0 Å². The molecule has 52 valence electrons. The van der Waals surface area contributed by atoms with Gasteiger partial charge in [0.2, 0.25) is 0 Å². The van der Waals surface area contributed by atoms with Crippen molar-refractivity contribution in [3.8, 4) is 0 Å². The van der Waals surface area contributed by atoms with E-state index < -0.39 is 0 Å². The molecule has 0 spiro atoms. The molecule has 0 aromatic carbocycles. The molecule has 1 fully saturated rings. The Morgan fingerprint density at radius 1 is 1.67 bits per heavy atom. The second-order valence-electron chi connectivity index (χ2n) is 2.56. The Kier molecular flexibility index (Phi) is 2.09. The zero-order chi connectivity index (χ0) is 6.69. The molecule has 0 radical (unpaired) electrons. The first-order chi connectivity index (χ1) is 4.34. The van der Waals surface area contributed by atoms with Crippen LogP contribution in [0.4, 0.5) is 0 Å². The van der Waals surface area contributed by atoms with Crippen molar-refractivity contribution in [1.29, 1.82) is 0 Å². The third-order valence-electron chi connectivity index (χ3n) is 1.85. The Morgan fingerprint density at radius 2 is 2.44 bits per heavy atom. The summed E-state index contributed by atoms with van der Waals surface area (Å²) < 4.78 is 0. The van der Waals surface area contributed by atoms with Gasteiger partial charge in [-0.25, -0.2) is 0 Å². The molecule has 1 aliphatic rings. The van der Waals surface area contributed by atoms with E-state index in [0.29, 0.717) is 5.92 Å². The molecule has 9 heavy (non-hydrogen) atoms. The highest BCUT2D eigenvalue weighted by atomic mass is 16.6. The molecule has 1 saturated carbocycles. The average Bonchev–Trinajstić information content (AvgIpc) is 2.18. The van der Waals surface area contributed by atoms with E-state index in [1.54, 1.807) is 7.11 Å². The zero-order valence-electron chi connectivity index (χ0n) is 6.05. The van der Waals surface area contributed by atoms with Crippen molar-refractivity contribution in [2.24, 2.45) is 11.1 Å². The fourth-order valence-electron chi connectivity index (χ4n) is 1.26. The van der Waals surface area contributed by atoms with Crippen LogP contribution < -0.4 is 0 Å². The normalized spacial score (nSPS) is 31.3. The van der Waals surface area contributed by atoms with Crippen molar-refractivity contribution in [2.75, 3.05) is 7.11 Å². The van der Waals surface area contributed by atoms with Gasteiger partial charge in [0.15, 0.2) is 0 Å². The summed E-state index contributed by atoms with van der Waals surface area (Å²) in [6, 6.07) is 0. The summed E-state index contributed by atoms with van der Waals surface area (Å²) in [6.45, 7) is 2.20. The van der Waals surface area contributed by atoms with Crippen LogP contribution in [-0.4, -0.2) is 12.8 Å². The molecule has 0 aromatic heterocycles. The number of oxime groups is 1. The Morgan fingerprint density at radius 3 is 2.89 bits per heavy atom. The van der Waals surface area contributed by atoms with E-state index in [9.17, 15) is 0 Å². The second-order valence-corrected chi connectivity index (χ2v) is 2.56. The van der Waals surface area contributed by atoms with Crippen LogP contribution in [-0.2, 0) is 4.84 Å². The van der Waals surface area contributed by atoms with E-state index in [0.717, 1.165) is 6.42 Å². The van der Waals surface area contributed by atoms with Crippen molar-refractivity contribution in [3.05, 3.63) is 0 Å². The van der Waals surface area contributed by atoms with Gasteiger partial charge in [-0.1, -0.05) is 12.1 Å². The number of hydrogen-bond acceptors (Lipinski definition) is 2. The third kappa shape index (κ3) is 1.44. The minimum Gasteiger partial charge on any atom is -0.399 e. The van der Waals surface area contributed by atoms with Crippen molar-refractivity contribution < 1.29 is 4.84 Å². The minimum absolute atomic E-state index is 0.657. The molecule has 1 unspecified atom stereocenters. The Labute approximate surface area is 55.9 Å². The maximum absolute atomic E-state index is 4.68. The first-order valence-corrected chi connectivity index (χ1v) is 3.44. The lowest BCUT2D eigenvalue weighted by molar-refractivity contribution is 0.211. The van der Waals surface area contributed by atoms with E-state index in [1.165, 1.54) is 18.6 Å². The fourth-order valence-corrected chi connectivity index (χ4v) is 1.26. The van der Waals surface area contributed by atoms with Crippen LogP contribution in [0.1, 0.15) is 26.2 Å². The van der Waals surface area contributed by atoms with Gasteiger partial charge in [-0.2, -0.15) is 0 Å². The summed E-state index contributed by atoms with van der Waals surface area (Å²) >= 11 is 0. The predicted octanol–water partition coefficient (Wildman–Crippen LogP) is 1.81. The molecular weight excluding hydrogens is 114 g/mol. The summed E-state index contributed by atoms with van der Waals surface area (Å²) in [5, 5.41) is 3.92. The van der Waals surface area contributed by atoms with E-state index in [1.807, 2.05) is 0 Å². The monoisotopic (exact) mass is 127 g/mol. The zero-order valence-corrected chi connectivity index (χ0v) is 6.05. The van der Waals surface area contributed by atoms with Crippen molar-refractivity contribution in [2.45, 2.75) is 26.2 Å². The van der Waals surface area contributed by atoms with E-state index in [-0.39, 0.29) is 0 Å². The van der Waals surface area contributed by atoms with Gasteiger partial charge in [-0.15, -0.1) is 0 Å². The van der Waals surface area contributed by atoms with Crippen molar-refractivity contribution in [1.82, 2.24) is 0 Å². The second kappa shape index (κ2) is 2.85. The molecule has 0 N–H and O–H groups in total. The van der Waals surface area contributed by atoms with Crippen LogP contribution in [0.2, 0.25) is 0 Å². The molecule has 0 aromatic rings. The SMILES string of the molecule is CO/N=C1\CCCC1C. The van der Waals surface area contributed by atoms with Crippen LogP contribution in [0.25, 0.3) is 0 Å². The van der Waals surface area contributed by atoms with Crippen LogP contribution in [0, 0.1) is 5.92 Å². The van der Waals surface area contributed by atoms with Gasteiger partial charge < -0.3 is 4.84 Å². The van der Waals surface area contributed by atoms with Crippen molar-refractivity contribution >= 4 is 5.71 Å². The molecule has 0 saturated heterocycles. The summed E-state index contributed by atoms with van der Waals surface area (Å²) in [4.78, 5) is 4.68. The Bertz CT molecular complexity index is 120. The molecule has 0 heterocycles. The van der Waals surface area contributed by atoms with E-state index >= 15 is 0 Å². The fraction of sp³-hybridized carbons (Fsp3) is 0.857. The molecule has 1 rings (SSSR count). The number of hydrogen-bond donors (Lipinski definition) is 0. The Balaban J connectivity index is 2.48. The molecule has 1 aliphatic carbocycles. The molecule has 2 nitrogen and oxygen atoms in total. The number of rotatable bonds is 1. The lowest BCUT2D eigenvalue weighted by Crippen LogP contribution is -2.01. The summed E-state index contributed by atoms with van der Waals surface area (Å²) in [5.41, 5.74) is 1.23. The summed E-state index contributed by atoms with van der Waals surface area (Å²) in [6.07, 6.45) is 3.70. The maximum Gasteiger partial charge on any atom is 0.106 e. The predicted molar refractivity (Wildman–Crippen MR) is 37.5 cm³/mol. The lowest BCUT2D eigenvalue weighted by Gasteiger charge is -1.99. The molecule has 1 atom stereocenters. The Hall–Kier alpha value is -0.530. The molecule has 0 amide bonds. The van der Waals surface area contributed by atoms with Crippen LogP contribution in [0.15, 0.2) is 5.16 Å². The van der Waals surface area contributed by atoms with E-state index in [2.05, 4.69) is 16.9 Å². The first kappa shape index (κ1) is 6.59. The smallest absolute Gasteiger partial charge is 0.106 e. The van der Waals surface area contributed by atoms with Crippen LogP contribution in [0.5, 0.6) is 0 Å². The van der Waals surface area contributed by atoms with Gasteiger partial charge in [0, 0.05) is 0 Å². The molecule has 2 heteroatoms. The maximum atomic E-state index is 4.68. The highest BCUT2D eigenvalue weighted by Crippen LogP contribution is 2.21. The van der Waals surface area contributed by atoms with Gasteiger partial charge in [-0.3, -0.25) is 0 Å². The summed E-state index contributed by atoms with van der Waals surface area (Å²) in [5.74, 6) is 0.657. The minimum atomic E-state index is 0.657. The lowest BCUT2D eigenvalue weighted by atomic mass is 10.1. The van der Waals surface area contributed by atoms with Gasteiger partial charge in [-0.05, 0) is 25.2 Å². The first-order valence-electron chi connectivity index (χ1n) is 3.44. The summed E-state index contributed by atoms with van der Waals surface area (Å²) in [7, 11) is 1.61.